The molecule has 2 N–H and O–H groups in total. The van der Waals surface area contributed by atoms with Gasteiger partial charge >= 0.3 is 0 Å². The normalized spacial score (nSPS) is 12.4. The van der Waals surface area contributed by atoms with Crippen molar-refractivity contribution >= 4 is 15.9 Å². The zero-order valence-corrected chi connectivity index (χ0v) is 15.8. The molecule has 140 valence electrons. The van der Waals surface area contributed by atoms with Crippen LogP contribution in [0, 0.1) is 0 Å². The van der Waals surface area contributed by atoms with Crippen LogP contribution < -0.4 is 14.8 Å². The van der Waals surface area contributed by atoms with E-state index < -0.39 is 10.0 Å². The van der Waals surface area contributed by atoms with Crippen molar-refractivity contribution in [3.05, 3.63) is 60.2 Å². The smallest absolute Gasteiger partial charge is 0.258 e. The minimum Gasteiger partial charge on any atom is -0.484 e. The van der Waals surface area contributed by atoms with Crippen molar-refractivity contribution in [1.82, 2.24) is 10.0 Å². The molecule has 1 atom stereocenters. The van der Waals surface area contributed by atoms with Crippen molar-refractivity contribution in [3.63, 3.8) is 0 Å². The van der Waals surface area contributed by atoms with Gasteiger partial charge in [-0.15, -0.1) is 0 Å². The molecular weight excluding hydrogens is 352 g/mol. The van der Waals surface area contributed by atoms with Gasteiger partial charge in [0.15, 0.2) is 6.61 Å². The molecule has 7 heteroatoms. The maximum Gasteiger partial charge on any atom is 0.258 e. The molecule has 0 aromatic heterocycles. The van der Waals surface area contributed by atoms with Crippen LogP contribution in [-0.2, 0) is 21.4 Å². The summed E-state index contributed by atoms with van der Waals surface area (Å²) in [5.74, 6) is 0.229. The van der Waals surface area contributed by atoms with Gasteiger partial charge < -0.3 is 10.1 Å². The van der Waals surface area contributed by atoms with E-state index in [2.05, 4.69) is 10.0 Å². The van der Waals surface area contributed by atoms with E-state index in [1.165, 1.54) is 24.3 Å². The van der Waals surface area contributed by atoms with Gasteiger partial charge in [-0.2, -0.15) is 0 Å². The first-order chi connectivity index (χ1) is 12.4. The molecule has 0 aliphatic rings. The van der Waals surface area contributed by atoms with Crippen LogP contribution in [-0.4, -0.2) is 27.0 Å². The highest BCUT2D eigenvalue weighted by molar-refractivity contribution is 7.89. The number of hydrogen-bond acceptors (Lipinski definition) is 4. The van der Waals surface area contributed by atoms with Gasteiger partial charge in [-0.05, 0) is 43.2 Å². The Labute approximate surface area is 154 Å². The molecule has 0 unspecified atom stereocenters. The Kier molecular flexibility index (Phi) is 7.17. The number of nitrogens with one attached hydrogen (secondary N) is 2. The topological polar surface area (TPSA) is 84.5 Å². The Hall–Kier alpha value is -2.38. The number of ether oxygens (including phenoxy) is 1. The zero-order valence-electron chi connectivity index (χ0n) is 14.9. The fourth-order valence-corrected chi connectivity index (χ4v) is 3.16. The third-order valence-corrected chi connectivity index (χ3v) is 5.25. The van der Waals surface area contributed by atoms with Gasteiger partial charge in [0.2, 0.25) is 10.0 Å². The van der Waals surface area contributed by atoms with E-state index in [-0.39, 0.29) is 30.0 Å². The van der Waals surface area contributed by atoms with Gasteiger partial charge in [0.1, 0.15) is 5.75 Å². The maximum atomic E-state index is 12.3. The van der Waals surface area contributed by atoms with Crippen LogP contribution in [0.5, 0.6) is 5.75 Å². The van der Waals surface area contributed by atoms with Crippen LogP contribution in [0.1, 0.15) is 25.8 Å². The average molecular weight is 376 g/mol. The lowest BCUT2D eigenvalue weighted by molar-refractivity contribution is -0.123. The van der Waals surface area contributed by atoms with Crippen molar-refractivity contribution in [2.24, 2.45) is 0 Å². The average Bonchev–Trinajstić information content (AvgIpc) is 2.66. The summed E-state index contributed by atoms with van der Waals surface area (Å²) in [6.45, 7) is 4.01. The number of carbonyl (C=O) groups is 1. The van der Waals surface area contributed by atoms with Gasteiger partial charge in [0, 0.05) is 12.6 Å². The molecule has 0 spiro atoms. The lowest BCUT2D eigenvalue weighted by atomic mass is 10.2. The number of amides is 1. The minimum absolute atomic E-state index is 0.0920. The number of rotatable bonds is 9. The van der Waals surface area contributed by atoms with Gasteiger partial charge in [0.25, 0.3) is 5.91 Å². The number of benzene rings is 2. The standard InChI is InChI=1S/C19H24N2O4S/c1-3-15(2)21-19(22)14-25-17-9-11-18(12-10-17)26(23,24)20-13-16-7-5-4-6-8-16/h4-12,15,20H,3,13-14H2,1-2H3,(H,21,22)/t15-/m0/s1. The molecule has 0 aliphatic carbocycles. The molecule has 0 aliphatic heterocycles. The van der Waals surface area contributed by atoms with Crippen LogP contribution in [0.15, 0.2) is 59.5 Å². The second-order valence-corrected chi connectivity index (χ2v) is 7.71. The largest absolute Gasteiger partial charge is 0.484 e. The molecule has 0 radical (unpaired) electrons. The summed E-state index contributed by atoms with van der Waals surface area (Å²) in [6.07, 6.45) is 0.842. The number of carbonyl (C=O) groups excluding carboxylic acids is 1. The van der Waals surface area contributed by atoms with Crippen LogP contribution in [0.25, 0.3) is 0 Å². The van der Waals surface area contributed by atoms with E-state index in [1.807, 2.05) is 44.2 Å². The predicted molar refractivity (Wildman–Crippen MR) is 100 cm³/mol. The Morgan fingerprint density at radius 3 is 2.35 bits per heavy atom. The van der Waals surface area contributed by atoms with Crippen molar-refractivity contribution in [3.8, 4) is 5.75 Å². The molecule has 1 amide bonds. The van der Waals surface area contributed by atoms with E-state index >= 15 is 0 Å². The lowest BCUT2D eigenvalue weighted by Crippen LogP contribution is -2.35. The van der Waals surface area contributed by atoms with E-state index in [1.54, 1.807) is 0 Å². The Bertz CT molecular complexity index is 805. The first kappa shape index (κ1) is 19.9. The predicted octanol–water partition coefficient (Wildman–Crippen LogP) is 2.46. The molecule has 2 rings (SSSR count). The molecule has 26 heavy (non-hydrogen) atoms. The van der Waals surface area contributed by atoms with Crippen LogP contribution in [0.3, 0.4) is 0 Å². The van der Waals surface area contributed by atoms with Crippen LogP contribution in [0.2, 0.25) is 0 Å². The highest BCUT2D eigenvalue weighted by atomic mass is 32.2. The second-order valence-electron chi connectivity index (χ2n) is 5.95. The first-order valence-electron chi connectivity index (χ1n) is 8.46. The zero-order chi connectivity index (χ0) is 19.0. The molecule has 2 aromatic carbocycles. The summed E-state index contributed by atoms with van der Waals surface area (Å²) in [6, 6.07) is 15.4. The highest BCUT2D eigenvalue weighted by Crippen LogP contribution is 2.16. The molecule has 2 aromatic rings. The van der Waals surface area contributed by atoms with Crippen molar-refractivity contribution in [2.45, 2.75) is 37.8 Å². The molecule has 0 heterocycles. The Morgan fingerprint density at radius 2 is 1.73 bits per heavy atom. The van der Waals surface area contributed by atoms with Gasteiger partial charge in [-0.3, -0.25) is 4.79 Å². The van der Waals surface area contributed by atoms with Crippen molar-refractivity contribution < 1.29 is 17.9 Å². The van der Waals surface area contributed by atoms with Crippen molar-refractivity contribution in [2.75, 3.05) is 6.61 Å². The monoisotopic (exact) mass is 376 g/mol. The third-order valence-electron chi connectivity index (χ3n) is 3.83. The molecule has 0 saturated carbocycles. The fourth-order valence-electron chi connectivity index (χ4n) is 2.14. The Morgan fingerprint density at radius 1 is 1.08 bits per heavy atom. The van der Waals surface area contributed by atoms with E-state index in [0.717, 1.165) is 12.0 Å². The summed E-state index contributed by atoms with van der Waals surface area (Å²) < 4.78 is 32.6. The summed E-state index contributed by atoms with van der Waals surface area (Å²) in [5.41, 5.74) is 0.878. The van der Waals surface area contributed by atoms with E-state index in [0.29, 0.717) is 5.75 Å². The SMILES string of the molecule is CC[C@H](C)NC(=O)COc1ccc(S(=O)(=O)NCc2ccccc2)cc1. The molecule has 0 bridgehead atoms. The second kappa shape index (κ2) is 9.35. The third kappa shape index (κ3) is 6.16. The highest BCUT2D eigenvalue weighted by Gasteiger charge is 2.14. The van der Waals surface area contributed by atoms with Gasteiger partial charge in [0.05, 0.1) is 4.90 Å². The summed E-state index contributed by atoms with van der Waals surface area (Å²) in [5, 5.41) is 2.80. The van der Waals surface area contributed by atoms with E-state index in [9.17, 15) is 13.2 Å². The molecular formula is C19H24N2O4S. The van der Waals surface area contributed by atoms with Crippen LogP contribution >= 0.6 is 0 Å². The number of sulfonamides is 1. The molecule has 6 nitrogen and oxygen atoms in total. The Balaban J connectivity index is 1.90. The summed E-state index contributed by atoms with van der Waals surface area (Å²) in [7, 11) is -3.61. The minimum atomic E-state index is -3.61. The van der Waals surface area contributed by atoms with E-state index in [4.69, 9.17) is 4.74 Å². The molecule has 0 fully saturated rings. The van der Waals surface area contributed by atoms with Gasteiger partial charge in [-0.1, -0.05) is 37.3 Å². The number of hydrogen-bond donors (Lipinski definition) is 2. The lowest BCUT2D eigenvalue weighted by Gasteiger charge is -2.12. The van der Waals surface area contributed by atoms with Crippen LogP contribution in [0.4, 0.5) is 0 Å². The quantitative estimate of drug-likeness (QED) is 0.704. The summed E-state index contributed by atoms with van der Waals surface area (Å²) in [4.78, 5) is 11.8. The first-order valence-corrected chi connectivity index (χ1v) is 9.95. The van der Waals surface area contributed by atoms with Crippen molar-refractivity contribution in [1.29, 1.82) is 0 Å². The molecule has 0 saturated heterocycles. The summed E-state index contributed by atoms with van der Waals surface area (Å²) >= 11 is 0. The maximum absolute atomic E-state index is 12.3. The fraction of sp³-hybridized carbons (Fsp3) is 0.316. The van der Waals surface area contributed by atoms with Gasteiger partial charge in [-0.25, -0.2) is 13.1 Å².